The van der Waals surface area contributed by atoms with Crippen molar-refractivity contribution in [1.29, 1.82) is 5.26 Å². The number of fused-ring (bicyclic) bond motifs is 3. The highest BCUT2D eigenvalue weighted by Crippen LogP contribution is 2.47. The van der Waals surface area contributed by atoms with E-state index in [0.29, 0.717) is 18.4 Å². The van der Waals surface area contributed by atoms with Gasteiger partial charge in [0.1, 0.15) is 6.33 Å². The number of rotatable bonds is 4. The molecule has 6 rings (SSSR count). The zero-order chi connectivity index (χ0) is 23.6. The number of aromatic nitrogens is 4. The number of pyridine rings is 1. The topological polar surface area (TPSA) is 73.0 Å². The molecular weight excluding hydrogens is 420 g/mol. The lowest BCUT2D eigenvalue weighted by Gasteiger charge is -2.17. The van der Waals surface area contributed by atoms with Gasteiger partial charge in [-0.2, -0.15) is 10.4 Å². The molecular formula is C28H32N6. The van der Waals surface area contributed by atoms with Gasteiger partial charge in [0.25, 0.3) is 0 Å². The minimum atomic E-state index is 0.396. The number of aryl methyl sites for hydroxylation is 1. The Morgan fingerprint density at radius 2 is 1.91 bits per heavy atom. The van der Waals surface area contributed by atoms with Gasteiger partial charge in [-0.15, -0.1) is 0 Å². The molecule has 1 saturated heterocycles. The highest BCUT2D eigenvalue weighted by atomic mass is 15.3. The van der Waals surface area contributed by atoms with Crippen molar-refractivity contribution in [2.75, 3.05) is 19.6 Å². The van der Waals surface area contributed by atoms with E-state index in [1.165, 1.54) is 57.3 Å². The van der Waals surface area contributed by atoms with Gasteiger partial charge < -0.3 is 4.98 Å². The van der Waals surface area contributed by atoms with Gasteiger partial charge in [0.15, 0.2) is 5.65 Å². The average molecular weight is 453 g/mol. The van der Waals surface area contributed by atoms with Gasteiger partial charge in [-0.25, -0.2) is 9.50 Å². The summed E-state index contributed by atoms with van der Waals surface area (Å²) in [6.45, 7) is 11.7. The molecule has 0 amide bonds. The van der Waals surface area contributed by atoms with E-state index < -0.39 is 0 Å². The number of hydrogen-bond donors (Lipinski definition) is 1. The first kappa shape index (κ1) is 21.4. The lowest BCUT2D eigenvalue weighted by atomic mass is 9.90. The first-order valence-electron chi connectivity index (χ1n) is 12.5. The fourth-order valence-electron chi connectivity index (χ4n) is 6.65. The first-order chi connectivity index (χ1) is 16.4. The number of H-pyrrole nitrogens is 1. The maximum absolute atomic E-state index is 9.05. The van der Waals surface area contributed by atoms with Crippen molar-refractivity contribution >= 4 is 16.6 Å². The largest absolute Gasteiger partial charge is 0.354 e. The summed E-state index contributed by atoms with van der Waals surface area (Å²) in [4.78, 5) is 10.5. The van der Waals surface area contributed by atoms with Crippen LogP contribution in [0, 0.1) is 37.0 Å². The molecule has 6 heteroatoms. The van der Waals surface area contributed by atoms with E-state index in [0.717, 1.165) is 30.6 Å². The van der Waals surface area contributed by atoms with E-state index in [2.05, 4.69) is 78.1 Å². The van der Waals surface area contributed by atoms with E-state index >= 15 is 0 Å². The lowest BCUT2D eigenvalue weighted by molar-refractivity contribution is 0.342. The van der Waals surface area contributed by atoms with Crippen LogP contribution in [0.2, 0.25) is 0 Å². The first-order valence-corrected chi connectivity index (χ1v) is 12.5. The van der Waals surface area contributed by atoms with Gasteiger partial charge in [0.05, 0.1) is 18.3 Å². The van der Waals surface area contributed by atoms with E-state index in [1.54, 1.807) is 6.33 Å². The van der Waals surface area contributed by atoms with Crippen LogP contribution in [0.25, 0.3) is 27.8 Å². The van der Waals surface area contributed by atoms with Gasteiger partial charge >= 0.3 is 0 Å². The Labute approximate surface area is 200 Å². The zero-order valence-corrected chi connectivity index (χ0v) is 20.5. The maximum atomic E-state index is 9.05. The number of nitrogens with one attached hydrogen (secondary N) is 1. The Kier molecular flexibility index (Phi) is 5.00. The molecule has 174 valence electrons. The highest BCUT2D eigenvalue weighted by molar-refractivity contribution is 5.92. The van der Waals surface area contributed by atoms with Crippen molar-refractivity contribution in [2.45, 2.75) is 52.4 Å². The van der Waals surface area contributed by atoms with Gasteiger partial charge in [-0.3, -0.25) is 4.90 Å². The standard InChI is InChI=1S/C28H32N6/c1-16(2)26-23-11-19(20-9-21-12-33(8-7-29)13-22(21)10-20)5-6-25(23)32-27(26)24-14-34-28(30-15-31-34)18(4)17(24)3/h5-6,11,14-16,20-22,32H,8-10,12-13H2,1-4H3. The summed E-state index contributed by atoms with van der Waals surface area (Å²) in [5.41, 5.74) is 9.81. The van der Waals surface area contributed by atoms with Crippen LogP contribution < -0.4 is 0 Å². The fourth-order valence-corrected chi connectivity index (χ4v) is 6.65. The molecule has 4 heterocycles. The predicted octanol–water partition coefficient (Wildman–Crippen LogP) is 5.57. The van der Waals surface area contributed by atoms with E-state index in [1.807, 2.05) is 4.52 Å². The SMILES string of the molecule is Cc1c(-c2[nH]c3ccc(C4CC5CN(CC#N)CC5C4)cc3c2C(C)C)cn2ncnc2c1C. The Hall–Kier alpha value is -3.17. The second kappa shape index (κ2) is 7.95. The molecule has 1 saturated carbocycles. The van der Waals surface area contributed by atoms with Gasteiger partial charge in [-0.1, -0.05) is 19.9 Å². The molecule has 2 aliphatic rings. The summed E-state index contributed by atoms with van der Waals surface area (Å²) < 4.78 is 1.89. The van der Waals surface area contributed by atoms with Gasteiger partial charge in [0.2, 0.25) is 0 Å². The zero-order valence-electron chi connectivity index (χ0n) is 20.5. The van der Waals surface area contributed by atoms with E-state index in [-0.39, 0.29) is 0 Å². The Morgan fingerprint density at radius 3 is 2.62 bits per heavy atom. The molecule has 0 bridgehead atoms. The molecule has 4 aromatic rings. The number of benzene rings is 1. The quantitative estimate of drug-likeness (QED) is 0.411. The second-order valence-corrected chi connectivity index (χ2v) is 10.7. The molecule has 6 nitrogen and oxygen atoms in total. The molecule has 1 aromatic carbocycles. The second-order valence-electron chi connectivity index (χ2n) is 10.7. The maximum Gasteiger partial charge on any atom is 0.158 e. The summed E-state index contributed by atoms with van der Waals surface area (Å²) in [6, 6.07) is 9.40. The molecule has 3 aromatic heterocycles. The molecule has 2 atom stereocenters. The van der Waals surface area contributed by atoms with Crippen LogP contribution in [0.5, 0.6) is 0 Å². The number of nitrogens with zero attached hydrogens (tertiary/aromatic N) is 5. The third kappa shape index (κ3) is 3.25. The molecule has 1 aliphatic heterocycles. The number of likely N-dealkylation sites (tertiary alicyclic amines) is 1. The van der Waals surface area contributed by atoms with Crippen molar-refractivity contribution in [3.63, 3.8) is 0 Å². The predicted molar refractivity (Wildman–Crippen MR) is 135 cm³/mol. The Morgan fingerprint density at radius 1 is 1.15 bits per heavy atom. The number of nitriles is 1. The summed E-state index contributed by atoms with van der Waals surface area (Å²) in [7, 11) is 0. The van der Waals surface area contributed by atoms with Crippen molar-refractivity contribution < 1.29 is 0 Å². The summed E-state index contributed by atoms with van der Waals surface area (Å²) in [5, 5.41) is 14.8. The Balaban J connectivity index is 1.40. The number of aromatic amines is 1. The molecule has 34 heavy (non-hydrogen) atoms. The molecule has 1 N–H and O–H groups in total. The third-order valence-electron chi connectivity index (χ3n) is 8.43. The van der Waals surface area contributed by atoms with Gasteiger partial charge in [0, 0.05) is 35.8 Å². The van der Waals surface area contributed by atoms with Crippen LogP contribution in [-0.4, -0.2) is 44.1 Å². The summed E-state index contributed by atoms with van der Waals surface area (Å²) in [5.74, 6) is 2.49. The monoisotopic (exact) mass is 452 g/mol. The van der Waals surface area contributed by atoms with Crippen molar-refractivity contribution in [3.8, 4) is 17.3 Å². The van der Waals surface area contributed by atoms with Crippen LogP contribution >= 0.6 is 0 Å². The van der Waals surface area contributed by atoms with E-state index in [9.17, 15) is 0 Å². The van der Waals surface area contributed by atoms with E-state index in [4.69, 9.17) is 5.26 Å². The molecule has 0 radical (unpaired) electrons. The van der Waals surface area contributed by atoms with Crippen LogP contribution in [0.15, 0.2) is 30.7 Å². The van der Waals surface area contributed by atoms with Crippen molar-refractivity contribution in [1.82, 2.24) is 24.5 Å². The fraction of sp³-hybridized carbons (Fsp3) is 0.464. The summed E-state index contributed by atoms with van der Waals surface area (Å²) in [6.07, 6.45) is 6.23. The smallest absolute Gasteiger partial charge is 0.158 e. The van der Waals surface area contributed by atoms with Crippen LogP contribution in [0.1, 0.15) is 60.8 Å². The minimum Gasteiger partial charge on any atom is -0.354 e. The molecule has 2 unspecified atom stereocenters. The lowest BCUT2D eigenvalue weighted by Crippen LogP contribution is -2.22. The average Bonchev–Trinajstić information content (AvgIpc) is 3.56. The third-order valence-corrected chi connectivity index (χ3v) is 8.43. The van der Waals surface area contributed by atoms with Gasteiger partial charge in [-0.05, 0) is 84.7 Å². The van der Waals surface area contributed by atoms with Crippen molar-refractivity contribution in [3.05, 3.63) is 53.0 Å². The normalized spacial score (nSPS) is 22.8. The molecule has 1 aliphatic carbocycles. The Bertz CT molecular complexity index is 1420. The highest BCUT2D eigenvalue weighted by Gasteiger charge is 2.41. The van der Waals surface area contributed by atoms with Crippen LogP contribution in [0.4, 0.5) is 0 Å². The van der Waals surface area contributed by atoms with Crippen molar-refractivity contribution in [2.24, 2.45) is 11.8 Å². The molecule has 0 spiro atoms. The number of hydrogen-bond acceptors (Lipinski definition) is 4. The van der Waals surface area contributed by atoms with Crippen LogP contribution in [0.3, 0.4) is 0 Å². The summed E-state index contributed by atoms with van der Waals surface area (Å²) >= 11 is 0. The minimum absolute atomic E-state index is 0.396. The van der Waals surface area contributed by atoms with Crippen LogP contribution in [-0.2, 0) is 0 Å². The molecule has 2 fully saturated rings.